The smallest absolute Gasteiger partial charge is 0.0986 e. The number of fused-ring (bicyclic) bond motifs is 6. The second-order valence-corrected chi connectivity index (χ2v) is 15.8. The molecule has 6 heterocycles. The van der Waals surface area contributed by atoms with Gasteiger partial charge < -0.3 is 27.4 Å². The van der Waals surface area contributed by atoms with E-state index in [0.29, 0.717) is 0 Å². The summed E-state index contributed by atoms with van der Waals surface area (Å²) in [6, 6.07) is 56.6. The van der Waals surface area contributed by atoms with Crippen LogP contribution < -0.4 is 0 Å². The lowest BCUT2D eigenvalue weighted by atomic mass is 10.1. The van der Waals surface area contributed by atoms with Crippen molar-refractivity contribution in [1.29, 1.82) is 0 Å². The first-order valence-corrected chi connectivity index (χ1v) is 20.4. The average molecular weight is 769 g/mol. The van der Waals surface area contributed by atoms with Gasteiger partial charge in [0.2, 0.25) is 0 Å². The molecule has 0 aliphatic carbocycles. The van der Waals surface area contributed by atoms with E-state index in [9.17, 15) is 0 Å². The molecule has 6 heteroatoms. The monoisotopic (exact) mass is 768 g/mol. The molecule has 0 amide bonds. The summed E-state index contributed by atoms with van der Waals surface area (Å²) in [6.07, 6.45) is 22.9. The summed E-state index contributed by atoms with van der Waals surface area (Å²) in [5.41, 5.74) is 8.56. The summed E-state index contributed by atoms with van der Waals surface area (Å²) in [6.45, 7) is 0. The number of nitrogens with zero attached hydrogens (tertiary/aromatic N) is 6. The fraction of sp³-hybridized carbons (Fsp3) is 0. The number of aromatic nitrogens is 6. The molecule has 0 aliphatic rings. The number of hydrogen-bond donors (Lipinski definition) is 0. The Balaban J connectivity index is 1.34. The van der Waals surface area contributed by atoms with Crippen LogP contribution >= 0.6 is 0 Å². The molecule has 0 unspecified atom stereocenters. The minimum absolute atomic E-state index is 1.05. The standard InChI is InChI=1S/C54H36N6/c1-2-16-40-30-55(29-39(40)15-1)49-50(56-31-41-17-3-4-18-42(41)32-56)52(58-35-45-21-7-8-22-46(45)36-58)54(60-28-26-38-14-10-12-24-48(38)60)53(59-27-25-37-13-9-11-23-47(37)59)51(49)57-33-43-19-5-6-20-44(43)34-57/h1-36H. The Hall–Kier alpha value is -8.22. The molecule has 6 nitrogen and oxygen atoms in total. The third-order valence-corrected chi connectivity index (χ3v) is 12.3. The van der Waals surface area contributed by atoms with E-state index in [4.69, 9.17) is 0 Å². The fourth-order valence-corrected chi connectivity index (χ4v) is 9.51. The summed E-state index contributed by atoms with van der Waals surface area (Å²) in [4.78, 5) is 0. The van der Waals surface area contributed by atoms with E-state index in [-0.39, 0.29) is 0 Å². The molecule has 13 rings (SSSR count). The fourth-order valence-electron chi connectivity index (χ4n) is 9.51. The minimum atomic E-state index is 1.05. The summed E-state index contributed by atoms with van der Waals surface area (Å²) < 4.78 is 14.3. The highest BCUT2D eigenvalue weighted by molar-refractivity contribution is 5.98. The highest BCUT2D eigenvalue weighted by Crippen LogP contribution is 2.47. The van der Waals surface area contributed by atoms with Crippen LogP contribution in [0.5, 0.6) is 0 Å². The van der Waals surface area contributed by atoms with Crippen molar-refractivity contribution >= 4 is 64.9 Å². The van der Waals surface area contributed by atoms with Gasteiger partial charge in [0.1, 0.15) is 0 Å². The first kappa shape index (κ1) is 32.8. The van der Waals surface area contributed by atoms with Gasteiger partial charge in [-0.1, -0.05) is 133 Å². The van der Waals surface area contributed by atoms with Crippen LogP contribution in [0.3, 0.4) is 0 Å². The third-order valence-electron chi connectivity index (χ3n) is 12.3. The molecule has 0 saturated heterocycles. The van der Waals surface area contributed by atoms with E-state index >= 15 is 0 Å². The van der Waals surface area contributed by atoms with Crippen LogP contribution in [0, 0.1) is 0 Å². The maximum Gasteiger partial charge on any atom is 0.0986 e. The van der Waals surface area contributed by atoms with Crippen LogP contribution in [-0.4, -0.2) is 27.4 Å². The van der Waals surface area contributed by atoms with E-state index in [2.05, 4.69) is 247 Å². The minimum Gasteiger partial charge on any atom is -0.319 e. The van der Waals surface area contributed by atoms with E-state index in [1.807, 2.05) is 0 Å². The molecule has 13 aromatic rings. The first-order chi connectivity index (χ1) is 29.7. The molecule has 0 fully saturated rings. The topological polar surface area (TPSA) is 29.6 Å². The number of hydrogen-bond acceptors (Lipinski definition) is 0. The van der Waals surface area contributed by atoms with Crippen LogP contribution in [-0.2, 0) is 0 Å². The van der Waals surface area contributed by atoms with Crippen molar-refractivity contribution in [2.24, 2.45) is 0 Å². The molecule has 0 spiro atoms. The molecular weight excluding hydrogens is 733 g/mol. The van der Waals surface area contributed by atoms with Crippen molar-refractivity contribution in [3.63, 3.8) is 0 Å². The molecule has 6 aromatic heterocycles. The van der Waals surface area contributed by atoms with Gasteiger partial charge in [-0.3, -0.25) is 0 Å². The molecule has 0 radical (unpaired) electrons. The Morgan fingerprint density at radius 2 is 0.417 bits per heavy atom. The van der Waals surface area contributed by atoms with Gasteiger partial charge in [-0.2, -0.15) is 0 Å². The molecular formula is C54H36N6. The second-order valence-electron chi connectivity index (χ2n) is 15.8. The van der Waals surface area contributed by atoms with Gasteiger partial charge in [0.05, 0.1) is 45.2 Å². The lowest BCUT2D eigenvalue weighted by molar-refractivity contribution is 0.905. The van der Waals surface area contributed by atoms with Gasteiger partial charge in [-0.15, -0.1) is 0 Å². The van der Waals surface area contributed by atoms with Gasteiger partial charge in [0.25, 0.3) is 0 Å². The molecule has 282 valence electrons. The highest BCUT2D eigenvalue weighted by atomic mass is 15.2. The second kappa shape index (κ2) is 12.6. The highest BCUT2D eigenvalue weighted by Gasteiger charge is 2.32. The number of benzene rings is 7. The van der Waals surface area contributed by atoms with Crippen molar-refractivity contribution in [2.45, 2.75) is 0 Å². The van der Waals surface area contributed by atoms with Gasteiger partial charge in [0.15, 0.2) is 0 Å². The summed E-state index contributed by atoms with van der Waals surface area (Å²) in [5, 5.41) is 11.7. The zero-order chi connectivity index (χ0) is 39.3. The van der Waals surface area contributed by atoms with Gasteiger partial charge >= 0.3 is 0 Å². The van der Waals surface area contributed by atoms with Crippen molar-refractivity contribution in [1.82, 2.24) is 27.4 Å². The lowest BCUT2D eigenvalue weighted by Gasteiger charge is -2.29. The van der Waals surface area contributed by atoms with Gasteiger partial charge in [-0.25, -0.2) is 0 Å². The average Bonchev–Trinajstić information content (AvgIpc) is 4.15. The number of para-hydroxylation sites is 2. The Morgan fingerprint density at radius 1 is 0.200 bits per heavy atom. The largest absolute Gasteiger partial charge is 0.319 e. The molecule has 7 aromatic carbocycles. The maximum absolute atomic E-state index is 2.41. The van der Waals surface area contributed by atoms with Crippen LogP contribution in [0.15, 0.2) is 220 Å². The molecule has 0 bridgehead atoms. The Kier molecular flexibility index (Phi) is 6.91. The summed E-state index contributed by atoms with van der Waals surface area (Å²) >= 11 is 0. The maximum atomic E-state index is 2.41. The van der Waals surface area contributed by atoms with Gasteiger partial charge in [-0.05, 0) is 78.1 Å². The van der Waals surface area contributed by atoms with Crippen LogP contribution in [0.4, 0.5) is 0 Å². The third kappa shape index (κ3) is 4.88. The molecule has 0 N–H and O–H groups in total. The zero-order valence-corrected chi connectivity index (χ0v) is 32.5. The Morgan fingerprint density at radius 3 is 0.683 bits per heavy atom. The van der Waals surface area contributed by atoms with E-state index in [1.165, 1.54) is 53.9 Å². The Bertz CT molecular complexity index is 3420. The van der Waals surface area contributed by atoms with Crippen molar-refractivity contribution in [3.05, 3.63) is 220 Å². The van der Waals surface area contributed by atoms with Crippen molar-refractivity contribution < 1.29 is 0 Å². The molecule has 0 atom stereocenters. The molecule has 0 saturated carbocycles. The molecule has 0 aliphatic heterocycles. The van der Waals surface area contributed by atoms with Crippen LogP contribution in [0.25, 0.3) is 99.0 Å². The first-order valence-electron chi connectivity index (χ1n) is 20.4. The van der Waals surface area contributed by atoms with Crippen LogP contribution in [0.2, 0.25) is 0 Å². The summed E-state index contributed by atoms with van der Waals surface area (Å²) in [7, 11) is 0. The zero-order valence-electron chi connectivity index (χ0n) is 32.5. The lowest BCUT2D eigenvalue weighted by Crippen LogP contribution is -2.18. The van der Waals surface area contributed by atoms with E-state index in [1.54, 1.807) is 0 Å². The van der Waals surface area contributed by atoms with E-state index < -0.39 is 0 Å². The summed E-state index contributed by atoms with van der Waals surface area (Å²) in [5.74, 6) is 0. The predicted octanol–water partition coefficient (Wildman–Crippen LogP) is 13.3. The van der Waals surface area contributed by atoms with E-state index in [0.717, 1.165) is 45.2 Å². The normalized spacial score (nSPS) is 12.0. The predicted molar refractivity (Wildman–Crippen MR) is 247 cm³/mol. The van der Waals surface area contributed by atoms with Gasteiger partial charge in [0, 0.05) is 62.0 Å². The van der Waals surface area contributed by atoms with Crippen molar-refractivity contribution in [2.75, 3.05) is 0 Å². The molecule has 60 heavy (non-hydrogen) atoms. The Labute approximate surface area is 344 Å². The SMILES string of the molecule is c1ccc2cn(-c3c(-n4cc5ccccc5c4)c(-n4cc5ccccc5c4)c(-n4ccc5ccccc54)c(-n4ccc5ccccc54)c3-n3cc4ccccc4c3)cc2c1. The number of rotatable bonds is 6. The van der Waals surface area contributed by atoms with Crippen LogP contribution in [0.1, 0.15) is 0 Å². The quantitative estimate of drug-likeness (QED) is 0.161. The van der Waals surface area contributed by atoms with Crippen molar-refractivity contribution in [3.8, 4) is 34.1 Å².